The summed E-state index contributed by atoms with van der Waals surface area (Å²) in [5.74, 6) is 0. The van der Waals surface area contributed by atoms with Crippen LogP contribution in [0.25, 0.3) is 165 Å². The summed E-state index contributed by atoms with van der Waals surface area (Å²) in [6.45, 7) is 0. The first kappa shape index (κ1) is 70.3. The van der Waals surface area contributed by atoms with E-state index in [9.17, 15) is 0 Å². The molecule has 0 atom stereocenters. The molecule has 22 aromatic rings. The first-order valence-electron chi connectivity index (χ1n) is 40.5. The van der Waals surface area contributed by atoms with E-state index in [2.05, 4.69) is 492 Å². The Morgan fingerprint density at radius 3 is 0.805 bits per heavy atom. The molecule has 0 saturated heterocycles. The minimum absolute atomic E-state index is 1.10. The fraction of sp³-hybridized carbons (Fsp3) is 0. The Bertz CT molecular complexity index is 7310. The second-order valence-corrected chi connectivity index (χ2v) is 30.4. The molecule has 0 aliphatic carbocycles. The van der Waals surface area contributed by atoms with Gasteiger partial charge < -0.3 is 18.9 Å². The van der Waals surface area contributed by atoms with Gasteiger partial charge in [-0.2, -0.15) is 0 Å². The van der Waals surface area contributed by atoms with Crippen LogP contribution in [0.5, 0.6) is 0 Å². The maximum atomic E-state index is 2.39. The molecule has 22 rings (SSSR count). The smallest absolute Gasteiger partial charge is 0.0541 e. The van der Waals surface area contributed by atoms with Crippen molar-refractivity contribution in [3.8, 4) is 89.3 Å². The molecule has 0 unspecified atom stereocenters. The van der Waals surface area contributed by atoms with Crippen molar-refractivity contribution in [1.29, 1.82) is 0 Å². The van der Waals surface area contributed by atoms with Gasteiger partial charge in [-0.25, -0.2) is 0 Å². The molecule has 2 heterocycles. The fourth-order valence-electron chi connectivity index (χ4n) is 17.4. The lowest BCUT2D eigenvalue weighted by Gasteiger charge is -2.26. The van der Waals surface area contributed by atoms with Gasteiger partial charge in [-0.15, -0.1) is 0 Å². The largest absolute Gasteiger partial charge is 0.311 e. The predicted molar refractivity (Wildman–Crippen MR) is 501 cm³/mol. The van der Waals surface area contributed by atoms with Crippen LogP contribution < -0.4 is 9.80 Å². The van der Waals surface area contributed by atoms with Crippen molar-refractivity contribution in [3.63, 3.8) is 0 Å². The number of hydrogen-bond acceptors (Lipinski definition) is 2. The number of para-hydroxylation sites is 3. The Morgan fingerprint density at radius 1 is 0.136 bits per heavy atom. The SMILES string of the molecule is c1ccc(-c2ccc(N(c3ccc(-c4ccccc4)cc3)c3ccc(-c4ccc5c(c4)c4ccccc4n5-c4ccc(-c5ccc6ccccc6c5)cc4)cc3)cc2)cc1.c1ccc(N(c2ccc(-c3ccc4c(c3)c3ccccc3n4-c3ccc(-c4ccc5ccccc5c4)cc3)cc2)c2ccc(-c3cccc4ccccc34)cc2)cc1. The summed E-state index contributed by atoms with van der Waals surface area (Å²) in [7, 11) is 0. The van der Waals surface area contributed by atoms with E-state index in [1.807, 2.05) is 0 Å². The molecule has 2 aromatic heterocycles. The van der Waals surface area contributed by atoms with Crippen LogP contribution in [-0.2, 0) is 0 Å². The highest BCUT2D eigenvalue weighted by atomic mass is 15.1. The Kier molecular flexibility index (Phi) is 18.3. The van der Waals surface area contributed by atoms with Crippen molar-refractivity contribution in [2.75, 3.05) is 9.80 Å². The summed E-state index contributed by atoms with van der Waals surface area (Å²) >= 11 is 0. The molecule has 0 radical (unpaired) electrons. The number of aromatic nitrogens is 2. The molecule has 0 spiro atoms. The minimum Gasteiger partial charge on any atom is -0.311 e. The van der Waals surface area contributed by atoms with Crippen molar-refractivity contribution in [1.82, 2.24) is 9.13 Å². The Hall–Kier alpha value is -15.6. The monoisotopic (exact) mass is 1500 g/mol. The zero-order chi connectivity index (χ0) is 78.2. The van der Waals surface area contributed by atoms with Crippen molar-refractivity contribution in [2.45, 2.75) is 0 Å². The molecule has 0 fully saturated rings. The van der Waals surface area contributed by atoms with E-state index in [-0.39, 0.29) is 0 Å². The van der Waals surface area contributed by atoms with E-state index in [0.717, 1.165) is 45.5 Å². The van der Waals surface area contributed by atoms with E-state index in [1.165, 1.54) is 154 Å². The Balaban J connectivity index is 0.000000147. The maximum absolute atomic E-state index is 2.39. The molecule has 0 amide bonds. The second kappa shape index (κ2) is 30.7. The normalized spacial score (nSPS) is 11.4. The molecule has 554 valence electrons. The standard InChI is InChI=1S/C58H40N2.C56H38N2/c1-3-11-41(12-4-1)44-21-30-51(31-22-44)59(52-32-23-45(24-33-52)42-13-5-2-6-14-42)53-34-25-47(26-35-53)50-29-38-58-56(40-50)55-17-9-10-18-57(55)60(58)54-36-27-46(28-37-54)49-20-19-43-15-7-8-16-48(43)39-49;1-2-15-47(16-3-1)57(49-34-27-43(28-35-49)52-19-10-14-42-12-6-7-17-51(42)52)48-30-23-41(24-31-48)46-29-36-56-54(38-46)53-18-8-9-20-55(53)58(56)50-32-25-40(26-33-50)45-22-21-39-11-4-5-13-44(39)37-45/h1-40H;1-38H. The van der Waals surface area contributed by atoms with Crippen LogP contribution in [-0.4, -0.2) is 9.13 Å². The van der Waals surface area contributed by atoms with Crippen molar-refractivity contribution in [2.24, 2.45) is 0 Å². The van der Waals surface area contributed by atoms with Crippen LogP contribution in [0.15, 0.2) is 473 Å². The number of rotatable bonds is 15. The summed E-state index contributed by atoms with van der Waals surface area (Å²) in [5.41, 5.74) is 30.6. The van der Waals surface area contributed by atoms with E-state index >= 15 is 0 Å². The van der Waals surface area contributed by atoms with Gasteiger partial charge in [-0.05, 0) is 256 Å². The van der Waals surface area contributed by atoms with E-state index in [1.54, 1.807) is 0 Å². The molecule has 4 heteroatoms. The minimum atomic E-state index is 1.10. The van der Waals surface area contributed by atoms with Gasteiger partial charge >= 0.3 is 0 Å². The van der Waals surface area contributed by atoms with E-state index in [0.29, 0.717) is 0 Å². The molecule has 4 nitrogen and oxygen atoms in total. The quantitative estimate of drug-likeness (QED) is 0.102. The number of hydrogen-bond donors (Lipinski definition) is 0. The zero-order valence-electron chi connectivity index (χ0n) is 64.8. The summed E-state index contributed by atoms with van der Waals surface area (Å²) in [6, 6.07) is 171. The van der Waals surface area contributed by atoms with Gasteiger partial charge in [0.05, 0.1) is 22.1 Å². The molecule has 0 bridgehead atoms. The highest BCUT2D eigenvalue weighted by Gasteiger charge is 2.21. The summed E-state index contributed by atoms with van der Waals surface area (Å²) in [6.07, 6.45) is 0. The lowest BCUT2D eigenvalue weighted by atomic mass is 9.98. The molecule has 0 N–H and O–H groups in total. The van der Waals surface area contributed by atoms with Crippen LogP contribution in [0.2, 0.25) is 0 Å². The summed E-state index contributed by atoms with van der Waals surface area (Å²) in [5, 5.41) is 12.5. The molecule has 20 aromatic carbocycles. The molecule has 0 saturated carbocycles. The van der Waals surface area contributed by atoms with Gasteiger partial charge in [-0.1, -0.05) is 328 Å². The predicted octanol–water partition coefficient (Wildman–Crippen LogP) is 31.6. The lowest BCUT2D eigenvalue weighted by molar-refractivity contribution is 1.18. The second-order valence-electron chi connectivity index (χ2n) is 30.4. The van der Waals surface area contributed by atoms with Gasteiger partial charge in [-0.3, -0.25) is 0 Å². The first-order chi connectivity index (χ1) is 58.5. The van der Waals surface area contributed by atoms with E-state index in [4.69, 9.17) is 0 Å². The van der Waals surface area contributed by atoms with Crippen LogP contribution in [0.3, 0.4) is 0 Å². The van der Waals surface area contributed by atoms with Crippen LogP contribution >= 0.6 is 0 Å². The highest BCUT2D eigenvalue weighted by molar-refractivity contribution is 6.12. The van der Waals surface area contributed by atoms with Gasteiger partial charge in [0.25, 0.3) is 0 Å². The third-order valence-electron chi connectivity index (χ3n) is 23.4. The molecular weight excluding hydrogens is 1430 g/mol. The fourth-order valence-corrected chi connectivity index (χ4v) is 17.4. The molecule has 0 aliphatic rings. The average Bonchev–Trinajstić information content (AvgIpc) is 1.59. The van der Waals surface area contributed by atoms with Gasteiger partial charge in [0, 0.05) is 67.0 Å². The summed E-state index contributed by atoms with van der Waals surface area (Å²) in [4.78, 5) is 4.67. The zero-order valence-corrected chi connectivity index (χ0v) is 64.8. The van der Waals surface area contributed by atoms with Crippen molar-refractivity contribution < 1.29 is 0 Å². The summed E-state index contributed by atoms with van der Waals surface area (Å²) < 4.78 is 4.79. The molecule has 0 aliphatic heterocycles. The van der Waals surface area contributed by atoms with E-state index < -0.39 is 0 Å². The molecule has 118 heavy (non-hydrogen) atoms. The van der Waals surface area contributed by atoms with Gasteiger partial charge in [0.2, 0.25) is 0 Å². The van der Waals surface area contributed by atoms with Gasteiger partial charge in [0.1, 0.15) is 0 Å². The molecular formula is C114H78N4. The number of nitrogens with zero attached hydrogens (tertiary/aromatic N) is 4. The maximum Gasteiger partial charge on any atom is 0.0541 e. The van der Waals surface area contributed by atoms with Crippen LogP contribution in [0.4, 0.5) is 34.1 Å². The van der Waals surface area contributed by atoms with Crippen LogP contribution in [0, 0.1) is 0 Å². The number of fused-ring (bicyclic) bond motifs is 9. The third-order valence-corrected chi connectivity index (χ3v) is 23.4. The third kappa shape index (κ3) is 13.5. The van der Waals surface area contributed by atoms with Crippen LogP contribution in [0.1, 0.15) is 0 Å². The highest BCUT2D eigenvalue weighted by Crippen LogP contribution is 2.44. The lowest BCUT2D eigenvalue weighted by Crippen LogP contribution is -2.09. The Morgan fingerprint density at radius 2 is 0.398 bits per heavy atom. The van der Waals surface area contributed by atoms with Gasteiger partial charge in [0.15, 0.2) is 0 Å². The topological polar surface area (TPSA) is 16.3 Å². The van der Waals surface area contributed by atoms with Crippen molar-refractivity contribution in [3.05, 3.63) is 473 Å². The Labute approximate surface area is 686 Å². The number of benzene rings is 20. The van der Waals surface area contributed by atoms with Crippen molar-refractivity contribution >= 4 is 110 Å². The number of anilines is 6. The average molecular weight is 1500 g/mol. The first-order valence-corrected chi connectivity index (χ1v) is 40.5.